The number of hydrogen-bond acceptors (Lipinski definition) is 2. The Bertz CT molecular complexity index is 363. The second kappa shape index (κ2) is 6.21. The normalized spacial score (nSPS) is 10.1. The second-order valence-corrected chi connectivity index (χ2v) is 4.07. The third kappa shape index (κ3) is 3.97. The number of ketones is 2. The summed E-state index contributed by atoms with van der Waals surface area (Å²) in [5.74, 6) is 0.120. The highest BCUT2D eigenvalue weighted by atomic mass is 16.1. The van der Waals surface area contributed by atoms with Gasteiger partial charge in [0.1, 0.15) is 5.78 Å². The smallest absolute Gasteiger partial charge is 0.163 e. The molecular weight excluding hydrogens is 200 g/mol. The molecule has 2 nitrogen and oxygen atoms in total. The van der Waals surface area contributed by atoms with Crippen LogP contribution in [-0.2, 0) is 11.2 Å². The zero-order chi connectivity index (χ0) is 12.0. The predicted molar refractivity (Wildman–Crippen MR) is 64.7 cm³/mol. The summed E-state index contributed by atoms with van der Waals surface area (Å²) in [6, 6.07) is 7.69. The summed E-state index contributed by atoms with van der Waals surface area (Å²) < 4.78 is 0. The molecular formula is C14H18O2. The molecule has 0 aliphatic heterocycles. The Labute approximate surface area is 96.7 Å². The van der Waals surface area contributed by atoms with Gasteiger partial charge in [0.25, 0.3) is 0 Å². The number of carbonyl (C=O) groups is 2. The van der Waals surface area contributed by atoms with Crippen LogP contribution < -0.4 is 0 Å². The van der Waals surface area contributed by atoms with E-state index < -0.39 is 0 Å². The van der Waals surface area contributed by atoms with E-state index >= 15 is 0 Å². The van der Waals surface area contributed by atoms with Gasteiger partial charge in [0.2, 0.25) is 0 Å². The summed E-state index contributed by atoms with van der Waals surface area (Å²) in [5, 5.41) is 0. The quantitative estimate of drug-likeness (QED) is 0.687. The van der Waals surface area contributed by atoms with E-state index in [1.165, 1.54) is 12.5 Å². The van der Waals surface area contributed by atoms with Crippen LogP contribution in [0.3, 0.4) is 0 Å². The van der Waals surface area contributed by atoms with Crippen molar-refractivity contribution < 1.29 is 9.59 Å². The number of benzene rings is 1. The first-order chi connectivity index (χ1) is 7.63. The standard InChI is InChI=1S/C14H18O2/c1-3-4-12-6-8-13(9-7-12)14(16)10-5-11(2)15/h6-9H,3-5,10H2,1-2H3. The third-order valence-electron chi connectivity index (χ3n) is 2.52. The second-order valence-electron chi connectivity index (χ2n) is 4.07. The Morgan fingerprint density at radius 1 is 1.06 bits per heavy atom. The van der Waals surface area contributed by atoms with Crippen molar-refractivity contribution in [2.45, 2.75) is 39.5 Å². The molecule has 0 saturated heterocycles. The van der Waals surface area contributed by atoms with E-state index in [1.54, 1.807) is 0 Å². The summed E-state index contributed by atoms with van der Waals surface area (Å²) in [7, 11) is 0. The van der Waals surface area contributed by atoms with Gasteiger partial charge in [-0.1, -0.05) is 37.6 Å². The van der Waals surface area contributed by atoms with Crippen LogP contribution in [-0.4, -0.2) is 11.6 Å². The molecule has 0 saturated carbocycles. The lowest BCUT2D eigenvalue weighted by Crippen LogP contribution is -2.02. The van der Waals surface area contributed by atoms with Gasteiger partial charge in [-0.2, -0.15) is 0 Å². The number of hydrogen-bond donors (Lipinski definition) is 0. The molecule has 0 spiro atoms. The van der Waals surface area contributed by atoms with Crippen molar-refractivity contribution in [2.24, 2.45) is 0 Å². The van der Waals surface area contributed by atoms with Gasteiger partial charge in [0.15, 0.2) is 5.78 Å². The van der Waals surface area contributed by atoms with Gasteiger partial charge in [0.05, 0.1) is 0 Å². The van der Waals surface area contributed by atoms with Crippen LogP contribution in [0.2, 0.25) is 0 Å². The molecule has 0 amide bonds. The fourth-order valence-electron chi connectivity index (χ4n) is 1.58. The van der Waals surface area contributed by atoms with Crippen LogP contribution in [0, 0.1) is 0 Å². The number of aryl methyl sites for hydroxylation is 1. The molecule has 0 aliphatic carbocycles. The molecule has 86 valence electrons. The lowest BCUT2D eigenvalue weighted by atomic mass is 10.0. The Morgan fingerprint density at radius 3 is 2.19 bits per heavy atom. The van der Waals surface area contributed by atoms with Crippen molar-refractivity contribution in [3.63, 3.8) is 0 Å². The van der Waals surface area contributed by atoms with E-state index in [-0.39, 0.29) is 11.6 Å². The molecule has 0 aliphatic rings. The fraction of sp³-hybridized carbons (Fsp3) is 0.429. The van der Waals surface area contributed by atoms with Crippen molar-refractivity contribution in [1.29, 1.82) is 0 Å². The third-order valence-corrected chi connectivity index (χ3v) is 2.52. The maximum absolute atomic E-state index is 11.7. The highest BCUT2D eigenvalue weighted by Gasteiger charge is 2.06. The van der Waals surface area contributed by atoms with Gasteiger partial charge in [0, 0.05) is 18.4 Å². The molecule has 0 atom stereocenters. The molecule has 2 heteroatoms. The largest absolute Gasteiger partial charge is 0.300 e. The van der Waals surface area contributed by atoms with Crippen LogP contribution in [0.5, 0.6) is 0 Å². The van der Waals surface area contributed by atoms with Gasteiger partial charge in [-0.3, -0.25) is 4.79 Å². The van der Waals surface area contributed by atoms with Gasteiger partial charge in [-0.15, -0.1) is 0 Å². The summed E-state index contributed by atoms with van der Waals surface area (Å²) >= 11 is 0. The zero-order valence-corrected chi connectivity index (χ0v) is 9.95. The minimum atomic E-state index is 0.0539. The highest BCUT2D eigenvalue weighted by Crippen LogP contribution is 2.09. The lowest BCUT2D eigenvalue weighted by molar-refractivity contribution is -0.116. The first kappa shape index (κ1) is 12.6. The molecule has 1 rings (SSSR count). The SMILES string of the molecule is CCCc1ccc(C(=O)CCC(C)=O)cc1. The van der Waals surface area contributed by atoms with Gasteiger partial charge < -0.3 is 4.79 Å². The number of carbonyl (C=O) groups excluding carboxylic acids is 2. The predicted octanol–water partition coefficient (Wildman–Crippen LogP) is 3.19. The van der Waals surface area contributed by atoms with E-state index in [9.17, 15) is 9.59 Å². The van der Waals surface area contributed by atoms with Crippen molar-refractivity contribution in [3.05, 3.63) is 35.4 Å². The van der Waals surface area contributed by atoms with Crippen molar-refractivity contribution in [3.8, 4) is 0 Å². The topological polar surface area (TPSA) is 34.1 Å². The zero-order valence-electron chi connectivity index (χ0n) is 9.95. The van der Waals surface area contributed by atoms with Crippen molar-refractivity contribution in [1.82, 2.24) is 0 Å². The number of rotatable bonds is 6. The molecule has 0 N–H and O–H groups in total. The molecule has 0 aromatic heterocycles. The summed E-state index contributed by atoms with van der Waals surface area (Å²) in [6.07, 6.45) is 2.82. The van der Waals surface area contributed by atoms with Gasteiger partial charge in [-0.25, -0.2) is 0 Å². The minimum absolute atomic E-state index is 0.0539. The Morgan fingerprint density at radius 2 is 1.69 bits per heavy atom. The van der Waals surface area contributed by atoms with Crippen LogP contribution in [0.15, 0.2) is 24.3 Å². The Kier molecular flexibility index (Phi) is 4.90. The maximum Gasteiger partial charge on any atom is 0.163 e. The average molecular weight is 218 g/mol. The molecule has 0 radical (unpaired) electrons. The van der Waals surface area contributed by atoms with Crippen molar-refractivity contribution in [2.75, 3.05) is 0 Å². The molecule has 0 fully saturated rings. The molecule has 0 bridgehead atoms. The summed E-state index contributed by atoms with van der Waals surface area (Å²) in [5.41, 5.74) is 1.96. The maximum atomic E-state index is 11.7. The first-order valence-electron chi connectivity index (χ1n) is 5.75. The van der Waals surface area contributed by atoms with Crippen LogP contribution in [0.1, 0.15) is 49.0 Å². The lowest BCUT2D eigenvalue weighted by Gasteiger charge is -2.02. The fourth-order valence-corrected chi connectivity index (χ4v) is 1.58. The van der Waals surface area contributed by atoms with Crippen LogP contribution in [0.4, 0.5) is 0 Å². The first-order valence-corrected chi connectivity index (χ1v) is 5.75. The summed E-state index contributed by atoms with van der Waals surface area (Å²) in [6.45, 7) is 3.64. The van der Waals surface area contributed by atoms with Crippen LogP contribution in [0.25, 0.3) is 0 Å². The Hall–Kier alpha value is -1.44. The van der Waals surface area contributed by atoms with E-state index in [4.69, 9.17) is 0 Å². The average Bonchev–Trinajstić information content (AvgIpc) is 2.27. The van der Waals surface area contributed by atoms with E-state index in [0.29, 0.717) is 18.4 Å². The molecule has 1 aromatic rings. The molecule has 1 aromatic carbocycles. The van der Waals surface area contributed by atoms with E-state index in [0.717, 1.165) is 12.8 Å². The Balaban J connectivity index is 2.59. The number of Topliss-reactive ketones (excluding diaryl/α,β-unsaturated/α-hetero) is 2. The van der Waals surface area contributed by atoms with E-state index in [1.807, 2.05) is 24.3 Å². The van der Waals surface area contributed by atoms with Crippen molar-refractivity contribution >= 4 is 11.6 Å². The highest BCUT2D eigenvalue weighted by molar-refractivity contribution is 5.97. The summed E-state index contributed by atoms with van der Waals surface area (Å²) in [4.78, 5) is 22.4. The van der Waals surface area contributed by atoms with Gasteiger partial charge >= 0.3 is 0 Å². The van der Waals surface area contributed by atoms with Gasteiger partial charge in [-0.05, 0) is 18.9 Å². The van der Waals surface area contributed by atoms with E-state index in [2.05, 4.69) is 6.92 Å². The minimum Gasteiger partial charge on any atom is -0.300 e. The molecule has 16 heavy (non-hydrogen) atoms. The molecule has 0 heterocycles. The molecule has 0 unspecified atom stereocenters. The van der Waals surface area contributed by atoms with Crippen LogP contribution >= 0.6 is 0 Å². The monoisotopic (exact) mass is 218 g/mol.